The van der Waals surface area contributed by atoms with Crippen molar-refractivity contribution < 1.29 is 0 Å². The van der Waals surface area contributed by atoms with Crippen LogP contribution >= 0.6 is 0 Å². The normalized spacial score (nSPS) is 11.4. The van der Waals surface area contributed by atoms with Crippen molar-refractivity contribution in [1.82, 2.24) is 0 Å². The maximum atomic E-state index is 2.28. The fourth-order valence-corrected chi connectivity index (χ4v) is 5.02. The zero-order chi connectivity index (χ0) is 20.8. The Morgan fingerprint density at radius 2 is 0.839 bits per heavy atom. The Labute approximate surface area is 182 Å². The van der Waals surface area contributed by atoms with Crippen LogP contribution in [-0.4, -0.2) is 0 Å². The molecule has 0 amide bonds. The molecule has 0 N–H and O–H groups in total. The minimum Gasteiger partial charge on any atom is -0.0622 e. The van der Waals surface area contributed by atoms with Gasteiger partial charge in [-0.1, -0.05) is 115 Å². The van der Waals surface area contributed by atoms with E-state index in [9.17, 15) is 0 Å². The van der Waals surface area contributed by atoms with Gasteiger partial charge in [0.2, 0.25) is 0 Å². The summed E-state index contributed by atoms with van der Waals surface area (Å²) in [5.74, 6) is 0. The lowest BCUT2D eigenvalue weighted by Crippen LogP contribution is -1.91. The van der Waals surface area contributed by atoms with Crippen molar-refractivity contribution in [3.8, 4) is 22.3 Å². The van der Waals surface area contributed by atoms with Crippen LogP contribution in [0, 0.1) is 6.92 Å². The molecule has 6 rings (SSSR count). The molecule has 0 spiro atoms. The van der Waals surface area contributed by atoms with Crippen molar-refractivity contribution in [1.29, 1.82) is 0 Å². The molecule has 0 unspecified atom stereocenters. The topological polar surface area (TPSA) is 0 Å². The molecule has 146 valence electrons. The minimum atomic E-state index is 1.26. The minimum absolute atomic E-state index is 1.26. The second-order valence-corrected chi connectivity index (χ2v) is 8.18. The Morgan fingerprint density at radius 3 is 1.48 bits per heavy atom. The van der Waals surface area contributed by atoms with E-state index in [0.29, 0.717) is 0 Å². The summed E-state index contributed by atoms with van der Waals surface area (Å²) in [4.78, 5) is 0. The molecule has 0 heterocycles. The molecule has 0 aliphatic rings. The van der Waals surface area contributed by atoms with Gasteiger partial charge >= 0.3 is 0 Å². The molecule has 6 aromatic carbocycles. The van der Waals surface area contributed by atoms with Gasteiger partial charge in [0, 0.05) is 0 Å². The van der Waals surface area contributed by atoms with Gasteiger partial charge in [0.15, 0.2) is 0 Å². The van der Waals surface area contributed by atoms with Crippen LogP contribution in [0.3, 0.4) is 0 Å². The van der Waals surface area contributed by atoms with E-state index >= 15 is 0 Å². The van der Waals surface area contributed by atoms with Crippen molar-refractivity contribution in [2.24, 2.45) is 0 Å². The van der Waals surface area contributed by atoms with Gasteiger partial charge in [0.05, 0.1) is 0 Å². The third-order valence-corrected chi connectivity index (χ3v) is 6.40. The number of hydrogen-bond donors (Lipinski definition) is 0. The summed E-state index contributed by atoms with van der Waals surface area (Å²) in [5, 5.41) is 7.83. The van der Waals surface area contributed by atoms with Gasteiger partial charge in [-0.05, 0) is 67.1 Å². The summed E-state index contributed by atoms with van der Waals surface area (Å²) in [6.45, 7) is 2.20. The summed E-state index contributed by atoms with van der Waals surface area (Å²) in [7, 11) is 0. The first-order valence-electron chi connectivity index (χ1n) is 10.8. The maximum absolute atomic E-state index is 2.28. The van der Waals surface area contributed by atoms with Gasteiger partial charge in [0.1, 0.15) is 0 Å². The highest BCUT2D eigenvalue weighted by Gasteiger charge is 2.17. The van der Waals surface area contributed by atoms with Gasteiger partial charge < -0.3 is 0 Å². The maximum Gasteiger partial charge on any atom is -0.00201 e. The summed E-state index contributed by atoms with van der Waals surface area (Å²) in [6, 6.07) is 41.8. The molecule has 0 saturated carbocycles. The first kappa shape index (κ1) is 17.9. The van der Waals surface area contributed by atoms with E-state index in [4.69, 9.17) is 0 Å². The molecule has 0 nitrogen and oxygen atoms in total. The van der Waals surface area contributed by atoms with Gasteiger partial charge in [-0.15, -0.1) is 0 Å². The lowest BCUT2D eigenvalue weighted by Gasteiger charge is -2.19. The Balaban J connectivity index is 1.85. The van der Waals surface area contributed by atoms with Crippen molar-refractivity contribution in [3.63, 3.8) is 0 Å². The third kappa shape index (κ3) is 2.76. The molecule has 31 heavy (non-hydrogen) atoms. The summed E-state index contributed by atoms with van der Waals surface area (Å²) < 4.78 is 0. The molecule has 0 bridgehead atoms. The summed E-state index contributed by atoms with van der Waals surface area (Å²) in [6.07, 6.45) is 0. The molecule has 0 aliphatic heterocycles. The van der Waals surface area contributed by atoms with E-state index in [0.717, 1.165) is 0 Å². The second-order valence-electron chi connectivity index (χ2n) is 8.18. The Hall–Kier alpha value is -3.90. The number of rotatable bonds is 2. The first-order valence-corrected chi connectivity index (χ1v) is 10.8. The van der Waals surface area contributed by atoms with E-state index in [1.54, 1.807) is 0 Å². The highest BCUT2D eigenvalue weighted by atomic mass is 14.2. The lowest BCUT2D eigenvalue weighted by atomic mass is 9.84. The Morgan fingerprint density at radius 1 is 0.355 bits per heavy atom. The Bertz CT molecular complexity index is 1520. The Kier molecular flexibility index (Phi) is 4.11. The molecule has 0 heteroatoms. The fourth-order valence-electron chi connectivity index (χ4n) is 5.02. The van der Waals surface area contributed by atoms with Crippen molar-refractivity contribution in [2.75, 3.05) is 0 Å². The third-order valence-electron chi connectivity index (χ3n) is 6.40. The smallest absolute Gasteiger partial charge is 0.00201 e. The van der Waals surface area contributed by atoms with Gasteiger partial charge in [-0.2, -0.15) is 0 Å². The van der Waals surface area contributed by atoms with Crippen molar-refractivity contribution in [3.05, 3.63) is 121 Å². The zero-order valence-electron chi connectivity index (χ0n) is 17.5. The number of aryl methyl sites for hydroxylation is 1. The molecule has 0 aromatic heterocycles. The molecular formula is C31H22. The van der Waals surface area contributed by atoms with E-state index in [-0.39, 0.29) is 0 Å². The number of fused-ring (bicyclic) bond motifs is 3. The van der Waals surface area contributed by atoms with Crippen LogP contribution in [0.1, 0.15) is 5.56 Å². The van der Waals surface area contributed by atoms with Crippen LogP contribution in [0.15, 0.2) is 115 Å². The van der Waals surface area contributed by atoms with Crippen LogP contribution in [0.2, 0.25) is 0 Å². The van der Waals surface area contributed by atoms with E-state index < -0.39 is 0 Å². The van der Waals surface area contributed by atoms with Gasteiger partial charge in [-0.3, -0.25) is 0 Å². The second kappa shape index (κ2) is 7.11. The molecule has 0 fully saturated rings. The van der Waals surface area contributed by atoms with Crippen LogP contribution < -0.4 is 0 Å². The van der Waals surface area contributed by atoms with Crippen LogP contribution in [-0.2, 0) is 0 Å². The lowest BCUT2D eigenvalue weighted by molar-refractivity contribution is 1.53. The molecule has 6 aromatic rings. The zero-order valence-corrected chi connectivity index (χ0v) is 17.5. The fraction of sp³-hybridized carbons (Fsp3) is 0.0323. The van der Waals surface area contributed by atoms with Gasteiger partial charge in [0.25, 0.3) is 0 Å². The van der Waals surface area contributed by atoms with E-state index in [1.807, 2.05) is 0 Å². The quantitative estimate of drug-likeness (QED) is 0.257. The molecule has 0 radical (unpaired) electrons. The summed E-state index contributed by atoms with van der Waals surface area (Å²) in [5.41, 5.74) is 6.51. The van der Waals surface area contributed by atoms with Crippen LogP contribution in [0.4, 0.5) is 0 Å². The standard InChI is InChI=1S/C31H22/c1-21-11-9-19-24-23(21)18-10-20-25(24)31-28-16-7-5-14-26(28)30(22-12-3-2-4-13-22)27-15-6-8-17-29(27)31/h2-20H,1H3. The van der Waals surface area contributed by atoms with Crippen LogP contribution in [0.5, 0.6) is 0 Å². The predicted octanol–water partition coefficient (Wildman–Crippen LogP) is 8.79. The number of benzene rings is 6. The molecular weight excluding hydrogens is 372 g/mol. The largest absolute Gasteiger partial charge is 0.0622 e. The average molecular weight is 395 g/mol. The van der Waals surface area contributed by atoms with E-state index in [2.05, 4.69) is 122 Å². The summed E-state index contributed by atoms with van der Waals surface area (Å²) >= 11 is 0. The van der Waals surface area contributed by atoms with Crippen molar-refractivity contribution in [2.45, 2.75) is 6.92 Å². The highest BCUT2D eigenvalue weighted by Crippen LogP contribution is 2.45. The predicted molar refractivity (Wildman–Crippen MR) is 135 cm³/mol. The highest BCUT2D eigenvalue weighted by molar-refractivity contribution is 6.23. The number of hydrogen-bond acceptors (Lipinski definition) is 0. The molecule has 0 atom stereocenters. The van der Waals surface area contributed by atoms with E-state index in [1.165, 1.54) is 60.1 Å². The first-order chi connectivity index (χ1) is 15.3. The SMILES string of the molecule is Cc1cccc2c(-c3c4ccccc4c(-c4ccccc4)c4ccccc34)cccc12. The van der Waals surface area contributed by atoms with Crippen LogP contribution in [0.25, 0.3) is 54.6 Å². The van der Waals surface area contributed by atoms with Gasteiger partial charge in [-0.25, -0.2) is 0 Å². The van der Waals surface area contributed by atoms with Crippen molar-refractivity contribution >= 4 is 32.3 Å². The average Bonchev–Trinajstić information content (AvgIpc) is 2.83. The molecule has 0 saturated heterocycles. The monoisotopic (exact) mass is 394 g/mol. The molecule has 0 aliphatic carbocycles.